The summed E-state index contributed by atoms with van der Waals surface area (Å²) in [6, 6.07) is 16.2. The van der Waals surface area contributed by atoms with Gasteiger partial charge in [-0.3, -0.25) is 4.79 Å². The molecule has 0 atom stereocenters. The molecule has 1 aliphatic heterocycles. The monoisotopic (exact) mass is 334 g/mol. The van der Waals surface area contributed by atoms with Crippen LogP contribution in [0, 0.1) is 12.8 Å². The maximum atomic E-state index is 12.7. The summed E-state index contributed by atoms with van der Waals surface area (Å²) in [6.45, 7) is 12.7. The number of ketones is 1. The van der Waals surface area contributed by atoms with E-state index in [1.54, 1.807) is 0 Å². The number of nitrogens with zero attached hydrogens (tertiary/aromatic N) is 1. The van der Waals surface area contributed by atoms with Gasteiger partial charge in [0.05, 0.1) is 0 Å². The number of hydrogen-bond donors (Lipinski definition) is 0. The summed E-state index contributed by atoms with van der Waals surface area (Å²) in [4.78, 5) is 15.1. The lowest BCUT2D eigenvalue weighted by atomic mass is 9.83. The van der Waals surface area contributed by atoms with Crippen LogP contribution in [0.5, 0.6) is 0 Å². The molecule has 2 heteroatoms. The fourth-order valence-corrected chi connectivity index (χ4v) is 3.69. The van der Waals surface area contributed by atoms with Crippen LogP contribution in [0.2, 0.25) is 0 Å². The van der Waals surface area contributed by atoms with Gasteiger partial charge in [0.25, 0.3) is 0 Å². The standard InChI is InChI=1S/C23H28NO/c1-17-10-11-20(23(2,3)4)21(16-17)24-14-12-19(13-15-24)22(25)18-8-6-5-7-9-18/h5-11,16,19H,1,12-15H2,2-4H3. The first-order chi connectivity index (χ1) is 11.9. The van der Waals surface area contributed by atoms with E-state index in [9.17, 15) is 4.79 Å². The summed E-state index contributed by atoms with van der Waals surface area (Å²) in [6.07, 6.45) is 1.83. The van der Waals surface area contributed by atoms with Crippen LogP contribution >= 0.6 is 0 Å². The minimum absolute atomic E-state index is 0.0970. The van der Waals surface area contributed by atoms with E-state index in [1.807, 2.05) is 30.3 Å². The second kappa shape index (κ2) is 7.03. The zero-order chi connectivity index (χ0) is 18.0. The van der Waals surface area contributed by atoms with Crippen LogP contribution < -0.4 is 4.90 Å². The molecule has 0 saturated carbocycles. The SMILES string of the molecule is [CH2]c1ccc(C(C)(C)C)c(N2CCC(C(=O)c3ccccc3)CC2)c1. The lowest BCUT2D eigenvalue weighted by Crippen LogP contribution is -2.37. The van der Waals surface area contributed by atoms with Gasteiger partial charge in [-0.15, -0.1) is 0 Å². The van der Waals surface area contributed by atoms with E-state index < -0.39 is 0 Å². The molecule has 0 bridgehead atoms. The average molecular weight is 334 g/mol. The molecule has 0 spiro atoms. The zero-order valence-corrected chi connectivity index (χ0v) is 15.6. The number of anilines is 1. The number of Topliss-reactive ketones (excluding diaryl/α,β-unsaturated/α-hetero) is 1. The van der Waals surface area contributed by atoms with Gasteiger partial charge in [-0.2, -0.15) is 0 Å². The molecule has 3 rings (SSSR count). The van der Waals surface area contributed by atoms with Gasteiger partial charge in [0.1, 0.15) is 0 Å². The number of carbonyl (C=O) groups is 1. The molecule has 1 aliphatic rings. The van der Waals surface area contributed by atoms with Crippen LogP contribution in [0.1, 0.15) is 55.1 Å². The Kier molecular flexibility index (Phi) is 4.99. The molecule has 0 amide bonds. The Morgan fingerprint density at radius 1 is 1.04 bits per heavy atom. The van der Waals surface area contributed by atoms with Gasteiger partial charge < -0.3 is 4.90 Å². The number of benzene rings is 2. The summed E-state index contributed by atoms with van der Waals surface area (Å²) >= 11 is 0. The second-order valence-electron chi connectivity index (χ2n) is 8.09. The molecule has 25 heavy (non-hydrogen) atoms. The van der Waals surface area contributed by atoms with Crippen LogP contribution in [-0.2, 0) is 5.41 Å². The van der Waals surface area contributed by atoms with E-state index in [0.717, 1.165) is 37.1 Å². The van der Waals surface area contributed by atoms with Crippen molar-refractivity contribution >= 4 is 11.5 Å². The van der Waals surface area contributed by atoms with Crippen LogP contribution in [0.25, 0.3) is 0 Å². The quantitative estimate of drug-likeness (QED) is 0.713. The number of piperidine rings is 1. The van der Waals surface area contributed by atoms with Gasteiger partial charge in [0.15, 0.2) is 5.78 Å². The van der Waals surface area contributed by atoms with Gasteiger partial charge in [0, 0.05) is 30.3 Å². The molecular weight excluding hydrogens is 306 g/mol. The highest BCUT2D eigenvalue weighted by Crippen LogP contribution is 2.35. The summed E-state index contributed by atoms with van der Waals surface area (Å²) in [5.41, 5.74) is 4.62. The van der Waals surface area contributed by atoms with E-state index in [4.69, 9.17) is 0 Å². The Labute approximate surface area is 151 Å². The van der Waals surface area contributed by atoms with Crippen LogP contribution in [0.3, 0.4) is 0 Å². The van der Waals surface area contributed by atoms with Crippen molar-refractivity contribution in [1.82, 2.24) is 0 Å². The van der Waals surface area contributed by atoms with Crippen molar-refractivity contribution < 1.29 is 4.79 Å². The van der Waals surface area contributed by atoms with Crippen molar-refractivity contribution in [3.63, 3.8) is 0 Å². The first-order valence-electron chi connectivity index (χ1n) is 9.17. The molecule has 0 aliphatic carbocycles. The highest BCUT2D eigenvalue weighted by Gasteiger charge is 2.28. The van der Waals surface area contributed by atoms with Gasteiger partial charge in [0.2, 0.25) is 0 Å². The normalized spacial score (nSPS) is 16.1. The first-order valence-corrected chi connectivity index (χ1v) is 9.17. The number of rotatable bonds is 3. The van der Waals surface area contributed by atoms with Gasteiger partial charge in [-0.1, -0.05) is 63.2 Å². The maximum absolute atomic E-state index is 12.7. The third-order valence-corrected chi connectivity index (χ3v) is 5.13. The smallest absolute Gasteiger partial charge is 0.166 e. The predicted octanol–water partition coefficient (Wildman–Crippen LogP) is 5.27. The van der Waals surface area contributed by atoms with Crippen molar-refractivity contribution in [2.75, 3.05) is 18.0 Å². The molecule has 1 saturated heterocycles. The lowest BCUT2D eigenvalue weighted by Gasteiger charge is -2.36. The van der Waals surface area contributed by atoms with Gasteiger partial charge in [-0.05, 0) is 42.4 Å². The van der Waals surface area contributed by atoms with Crippen LogP contribution in [-0.4, -0.2) is 18.9 Å². The minimum Gasteiger partial charge on any atom is -0.371 e. The highest BCUT2D eigenvalue weighted by atomic mass is 16.1. The Hall–Kier alpha value is -2.09. The summed E-state index contributed by atoms with van der Waals surface area (Å²) in [5, 5.41) is 0. The van der Waals surface area contributed by atoms with Crippen LogP contribution in [0.15, 0.2) is 48.5 Å². The molecule has 0 unspecified atom stereocenters. The molecule has 1 radical (unpaired) electrons. The summed E-state index contributed by atoms with van der Waals surface area (Å²) in [7, 11) is 0. The molecule has 1 heterocycles. The molecule has 1 fully saturated rings. The lowest BCUT2D eigenvalue weighted by molar-refractivity contribution is 0.0900. The van der Waals surface area contributed by atoms with Crippen molar-refractivity contribution in [3.8, 4) is 0 Å². The van der Waals surface area contributed by atoms with E-state index >= 15 is 0 Å². The largest absolute Gasteiger partial charge is 0.371 e. The Morgan fingerprint density at radius 2 is 1.68 bits per heavy atom. The summed E-state index contributed by atoms with van der Waals surface area (Å²) in [5.74, 6) is 0.432. The molecule has 0 aromatic heterocycles. The Morgan fingerprint density at radius 3 is 2.28 bits per heavy atom. The molecule has 2 nitrogen and oxygen atoms in total. The summed E-state index contributed by atoms with van der Waals surface area (Å²) < 4.78 is 0. The number of hydrogen-bond acceptors (Lipinski definition) is 2. The topological polar surface area (TPSA) is 20.3 Å². The fraction of sp³-hybridized carbons (Fsp3) is 0.391. The van der Waals surface area contributed by atoms with Crippen molar-refractivity contribution in [3.05, 3.63) is 72.1 Å². The fourth-order valence-electron chi connectivity index (χ4n) is 3.69. The number of carbonyl (C=O) groups excluding carboxylic acids is 1. The minimum atomic E-state index is 0.0970. The van der Waals surface area contributed by atoms with Crippen molar-refractivity contribution in [2.45, 2.75) is 39.0 Å². The van der Waals surface area contributed by atoms with Crippen molar-refractivity contribution in [1.29, 1.82) is 0 Å². The predicted molar refractivity (Wildman–Crippen MR) is 105 cm³/mol. The average Bonchev–Trinajstić information content (AvgIpc) is 2.61. The van der Waals surface area contributed by atoms with E-state index in [-0.39, 0.29) is 11.3 Å². The van der Waals surface area contributed by atoms with E-state index in [0.29, 0.717) is 5.78 Å². The van der Waals surface area contributed by atoms with E-state index in [1.165, 1.54) is 11.3 Å². The molecule has 2 aromatic carbocycles. The first kappa shape index (κ1) is 17.7. The van der Waals surface area contributed by atoms with Crippen molar-refractivity contribution in [2.24, 2.45) is 5.92 Å². The third kappa shape index (κ3) is 3.95. The molecule has 0 N–H and O–H groups in total. The van der Waals surface area contributed by atoms with E-state index in [2.05, 4.69) is 50.8 Å². The Balaban J connectivity index is 1.75. The van der Waals surface area contributed by atoms with Crippen LogP contribution in [0.4, 0.5) is 5.69 Å². The van der Waals surface area contributed by atoms with Gasteiger partial charge in [-0.25, -0.2) is 0 Å². The zero-order valence-electron chi connectivity index (χ0n) is 15.6. The highest BCUT2D eigenvalue weighted by molar-refractivity contribution is 5.98. The Bertz CT molecular complexity index is 734. The van der Waals surface area contributed by atoms with Gasteiger partial charge >= 0.3 is 0 Å². The maximum Gasteiger partial charge on any atom is 0.166 e. The molecule has 2 aromatic rings. The third-order valence-electron chi connectivity index (χ3n) is 5.13. The molecule has 131 valence electrons. The molecular formula is C23H28NO. The second-order valence-corrected chi connectivity index (χ2v) is 8.09.